The van der Waals surface area contributed by atoms with Crippen molar-refractivity contribution in [3.63, 3.8) is 0 Å². The van der Waals surface area contributed by atoms with Gasteiger partial charge in [-0.1, -0.05) is 6.07 Å². The Morgan fingerprint density at radius 1 is 1.38 bits per heavy atom. The predicted octanol–water partition coefficient (Wildman–Crippen LogP) is 3.17. The molecule has 1 amide bonds. The van der Waals surface area contributed by atoms with Crippen LogP contribution in [0.3, 0.4) is 0 Å². The number of likely N-dealkylation sites (N-methyl/N-ethyl adjacent to an activating group) is 1. The Labute approximate surface area is 138 Å². The maximum absolute atomic E-state index is 12.0. The van der Waals surface area contributed by atoms with Gasteiger partial charge in [0.25, 0.3) is 0 Å². The van der Waals surface area contributed by atoms with Crippen LogP contribution in [0.25, 0.3) is 0 Å². The van der Waals surface area contributed by atoms with E-state index in [0.29, 0.717) is 6.54 Å². The third-order valence-electron chi connectivity index (χ3n) is 2.59. The molecule has 0 fully saturated rings. The second kappa shape index (κ2) is 9.79. The zero-order valence-corrected chi connectivity index (χ0v) is 15.1. The van der Waals surface area contributed by atoms with Crippen LogP contribution in [0.15, 0.2) is 22.5 Å². The summed E-state index contributed by atoms with van der Waals surface area (Å²) in [6.45, 7) is 11.2. The Kier molecular flexibility index (Phi) is 9.29. The van der Waals surface area contributed by atoms with Gasteiger partial charge in [-0.05, 0) is 46.1 Å². The molecule has 6 heteroatoms. The normalized spacial score (nSPS) is 11.5. The summed E-state index contributed by atoms with van der Waals surface area (Å²) < 4.78 is 0. The van der Waals surface area contributed by atoms with Crippen molar-refractivity contribution in [2.75, 3.05) is 13.1 Å². The molecule has 0 aromatic carbocycles. The van der Waals surface area contributed by atoms with Gasteiger partial charge in [-0.15, -0.1) is 23.7 Å². The minimum absolute atomic E-state index is 0. The average molecular weight is 332 g/mol. The molecule has 21 heavy (non-hydrogen) atoms. The molecule has 120 valence electrons. The summed E-state index contributed by atoms with van der Waals surface area (Å²) >= 11 is 1.65. The van der Waals surface area contributed by atoms with Crippen LogP contribution in [-0.2, 0) is 4.79 Å². The van der Waals surface area contributed by atoms with E-state index in [1.54, 1.807) is 11.3 Å². The van der Waals surface area contributed by atoms with Gasteiger partial charge in [0.2, 0.25) is 5.91 Å². The number of aliphatic imine (C=N–C) groups is 1. The van der Waals surface area contributed by atoms with E-state index in [2.05, 4.69) is 25.2 Å². The molecule has 0 aliphatic rings. The number of amidine groups is 1. The number of amides is 1. The van der Waals surface area contributed by atoms with E-state index in [4.69, 9.17) is 4.99 Å². The van der Waals surface area contributed by atoms with Crippen LogP contribution < -0.4 is 5.32 Å². The van der Waals surface area contributed by atoms with Crippen LogP contribution in [0.4, 0.5) is 0 Å². The summed E-state index contributed by atoms with van der Waals surface area (Å²) in [6, 6.07) is 4.43. The van der Waals surface area contributed by atoms with Gasteiger partial charge in [0.1, 0.15) is 5.84 Å². The number of thiophene rings is 1. The molecule has 0 atom stereocenters. The molecule has 1 N–H and O–H groups in total. The van der Waals surface area contributed by atoms with Crippen molar-refractivity contribution in [2.24, 2.45) is 4.99 Å². The first-order valence-corrected chi connectivity index (χ1v) is 7.98. The highest BCUT2D eigenvalue weighted by Crippen LogP contribution is 2.14. The third-order valence-corrected chi connectivity index (χ3v) is 3.45. The predicted molar refractivity (Wildman–Crippen MR) is 93.8 cm³/mol. The summed E-state index contributed by atoms with van der Waals surface area (Å²) in [5.41, 5.74) is 0. The van der Waals surface area contributed by atoms with E-state index in [1.165, 1.54) is 0 Å². The number of nitrogens with one attached hydrogen (secondary N) is 1. The van der Waals surface area contributed by atoms with E-state index >= 15 is 0 Å². The first kappa shape index (κ1) is 19.9. The summed E-state index contributed by atoms with van der Waals surface area (Å²) in [4.78, 5) is 19.8. The first-order chi connectivity index (χ1) is 9.43. The van der Waals surface area contributed by atoms with Gasteiger partial charge in [0, 0.05) is 18.6 Å². The van der Waals surface area contributed by atoms with E-state index in [0.717, 1.165) is 17.3 Å². The fourth-order valence-corrected chi connectivity index (χ4v) is 2.58. The highest BCUT2D eigenvalue weighted by Gasteiger charge is 2.17. The Morgan fingerprint density at radius 2 is 2.05 bits per heavy atom. The molecule has 4 nitrogen and oxygen atoms in total. The van der Waals surface area contributed by atoms with Crippen molar-refractivity contribution in [3.8, 4) is 0 Å². The van der Waals surface area contributed by atoms with Crippen molar-refractivity contribution in [1.29, 1.82) is 0 Å². The summed E-state index contributed by atoms with van der Waals surface area (Å²) in [5, 5.41) is 4.96. The summed E-state index contributed by atoms with van der Waals surface area (Å²) in [5.74, 6) is 0.950. The van der Waals surface area contributed by atoms with Crippen LogP contribution >= 0.6 is 23.7 Å². The van der Waals surface area contributed by atoms with Gasteiger partial charge in [0.15, 0.2) is 0 Å². The Balaban J connectivity index is 0.00000400. The van der Waals surface area contributed by atoms with Crippen molar-refractivity contribution < 1.29 is 4.79 Å². The quantitative estimate of drug-likeness (QED) is 0.642. The van der Waals surface area contributed by atoms with Gasteiger partial charge in [-0.2, -0.15) is 0 Å². The molecule has 0 aliphatic carbocycles. The van der Waals surface area contributed by atoms with Gasteiger partial charge in [0.05, 0.1) is 11.4 Å². The first-order valence-electron chi connectivity index (χ1n) is 7.10. The van der Waals surface area contributed by atoms with Crippen LogP contribution in [0.5, 0.6) is 0 Å². The number of nitrogens with zero attached hydrogens (tertiary/aromatic N) is 2. The number of halogens is 1. The minimum atomic E-state index is 0. The van der Waals surface area contributed by atoms with Gasteiger partial charge < -0.3 is 10.2 Å². The molecule has 0 bridgehead atoms. The Hall–Kier alpha value is -1.07. The molecule has 0 saturated heterocycles. The maximum Gasteiger partial charge on any atom is 0.239 e. The lowest BCUT2D eigenvalue weighted by atomic mass is 10.3. The van der Waals surface area contributed by atoms with Crippen molar-refractivity contribution in [2.45, 2.75) is 46.7 Å². The molecule has 1 heterocycles. The molecule has 0 saturated carbocycles. The highest BCUT2D eigenvalue weighted by molar-refractivity contribution is 7.12. The SMILES string of the molecule is CCN(CC(=O)NC(C)C)C(=NC(C)C)c1cccs1.Cl. The Bertz CT molecular complexity index is 444. The molecule has 0 radical (unpaired) electrons. The number of rotatable bonds is 6. The lowest BCUT2D eigenvalue weighted by Gasteiger charge is -2.24. The molecular weight excluding hydrogens is 306 g/mol. The summed E-state index contributed by atoms with van der Waals surface area (Å²) in [7, 11) is 0. The monoisotopic (exact) mass is 331 g/mol. The van der Waals surface area contributed by atoms with Crippen molar-refractivity contribution in [1.82, 2.24) is 10.2 Å². The molecule has 1 aromatic rings. The smallest absolute Gasteiger partial charge is 0.239 e. The topological polar surface area (TPSA) is 44.7 Å². The van der Waals surface area contributed by atoms with E-state index in [9.17, 15) is 4.79 Å². The maximum atomic E-state index is 12.0. The Morgan fingerprint density at radius 3 is 2.48 bits per heavy atom. The van der Waals surface area contributed by atoms with Gasteiger partial charge in [-0.3, -0.25) is 9.79 Å². The standard InChI is InChI=1S/C15H25N3OS.ClH/c1-6-18(10-14(19)16-11(2)3)15(17-12(4)5)13-8-7-9-20-13;/h7-9,11-12H,6,10H2,1-5H3,(H,16,19);1H. The largest absolute Gasteiger partial charge is 0.352 e. The molecule has 1 rings (SSSR count). The van der Waals surface area contributed by atoms with E-state index < -0.39 is 0 Å². The minimum Gasteiger partial charge on any atom is -0.352 e. The third kappa shape index (κ3) is 6.96. The zero-order valence-electron chi connectivity index (χ0n) is 13.4. The number of hydrogen-bond donors (Lipinski definition) is 1. The lowest BCUT2D eigenvalue weighted by molar-refractivity contribution is -0.121. The van der Waals surface area contributed by atoms with Crippen LogP contribution in [0.1, 0.15) is 39.5 Å². The van der Waals surface area contributed by atoms with E-state index in [1.807, 2.05) is 37.1 Å². The van der Waals surface area contributed by atoms with Crippen LogP contribution in [-0.4, -0.2) is 41.8 Å². The fourth-order valence-electron chi connectivity index (χ4n) is 1.83. The van der Waals surface area contributed by atoms with Gasteiger partial charge >= 0.3 is 0 Å². The number of hydrogen-bond acceptors (Lipinski definition) is 3. The summed E-state index contributed by atoms with van der Waals surface area (Å²) in [6.07, 6.45) is 0. The number of carbonyl (C=O) groups is 1. The molecular formula is C15H26ClN3OS. The van der Waals surface area contributed by atoms with Gasteiger partial charge in [-0.25, -0.2) is 0 Å². The fraction of sp³-hybridized carbons (Fsp3) is 0.600. The second-order valence-electron chi connectivity index (χ2n) is 5.26. The lowest BCUT2D eigenvalue weighted by Crippen LogP contribution is -2.43. The van der Waals surface area contributed by atoms with Crippen molar-refractivity contribution in [3.05, 3.63) is 22.4 Å². The van der Waals surface area contributed by atoms with E-state index in [-0.39, 0.29) is 30.4 Å². The molecule has 0 unspecified atom stereocenters. The highest BCUT2D eigenvalue weighted by atomic mass is 35.5. The van der Waals surface area contributed by atoms with Crippen LogP contribution in [0.2, 0.25) is 0 Å². The van der Waals surface area contributed by atoms with Crippen LogP contribution in [0, 0.1) is 0 Å². The zero-order chi connectivity index (χ0) is 15.1. The molecule has 1 aromatic heterocycles. The molecule has 0 spiro atoms. The van der Waals surface area contributed by atoms with Crippen molar-refractivity contribution >= 4 is 35.5 Å². The molecule has 0 aliphatic heterocycles. The number of carbonyl (C=O) groups excluding carboxylic acids is 1. The average Bonchev–Trinajstić information content (AvgIpc) is 2.85. The second-order valence-corrected chi connectivity index (χ2v) is 6.21.